The Kier molecular flexibility index (Phi) is 4.73. The maximum Gasteiger partial charge on any atom is 0.435 e. The third kappa shape index (κ3) is 3.73. The van der Waals surface area contributed by atoms with Crippen molar-refractivity contribution in [2.24, 2.45) is 10.5 Å². The van der Waals surface area contributed by atoms with E-state index < -0.39 is 17.8 Å². The quantitative estimate of drug-likeness (QED) is 0.409. The molecule has 168 valence electrons. The molecule has 1 aromatic carbocycles. The number of nitrogens with zero attached hydrogens (tertiary/aromatic N) is 3. The summed E-state index contributed by atoms with van der Waals surface area (Å²) in [5.74, 6) is -0.449. The fourth-order valence-corrected chi connectivity index (χ4v) is 4.45. The van der Waals surface area contributed by atoms with E-state index in [-0.39, 0.29) is 10.9 Å². The summed E-state index contributed by atoms with van der Waals surface area (Å²) in [5.41, 5.74) is 3.42. The van der Waals surface area contributed by atoms with Crippen molar-refractivity contribution in [1.29, 1.82) is 0 Å². The van der Waals surface area contributed by atoms with E-state index in [1.807, 2.05) is 13.8 Å². The number of aromatic nitrogens is 3. The number of hydrogen-bond acceptors (Lipinski definition) is 4. The molecule has 1 aliphatic rings. The van der Waals surface area contributed by atoms with E-state index in [9.17, 15) is 18.0 Å². The number of carbonyl (C=O) groups excluding carboxylic acids is 1. The second-order valence-electron chi connectivity index (χ2n) is 8.96. The van der Waals surface area contributed by atoms with Crippen LogP contribution in [-0.4, -0.2) is 26.6 Å². The zero-order chi connectivity index (χ0) is 23.4. The second-order valence-corrected chi connectivity index (χ2v) is 8.96. The number of hydrazone groups is 1. The van der Waals surface area contributed by atoms with Crippen molar-refractivity contribution >= 4 is 33.4 Å². The van der Waals surface area contributed by atoms with Crippen LogP contribution < -0.4 is 5.43 Å². The van der Waals surface area contributed by atoms with Gasteiger partial charge in [0.25, 0.3) is 5.91 Å². The van der Waals surface area contributed by atoms with E-state index >= 15 is 0 Å². The molecule has 0 aliphatic heterocycles. The Hall–Kier alpha value is -3.75. The summed E-state index contributed by atoms with van der Waals surface area (Å²) in [6.07, 6.45) is -0.823. The second kappa shape index (κ2) is 7.40. The smallest absolute Gasteiger partial charge is 0.353 e. The minimum atomic E-state index is -4.62. The molecule has 0 unspecified atom stereocenters. The van der Waals surface area contributed by atoms with E-state index in [4.69, 9.17) is 0 Å². The molecule has 4 aromatic rings. The van der Waals surface area contributed by atoms with Crippen molar-refractivity contribution in [3.05, 3.63) is 71.3 Å². The summed E-state index contributed by atoms with van der Waals surface area (Å²) >= 11 is 0. The molecule has 0 fully saturated rings. The summed E-state index contributed by atoms with van der Waals surface area (Å²) in [6.45, 7) is 3.89. The lowest BCUT2D eigenvalue weighted by molar-refractivity contribution is -0.140. The number of hydrogen-bond donors (Lipinski definition) is 2. The number of H-pyrrole nitrogens is 1. The molecule has 1 aliphatic carbocycles. The van der Waals surface area contributed by atoms with Crippen LogP contribution in [0.3, 0.4) is 0 Å². The Morgan fingerprint density at radius 2 is 1.94 bits per heavy atom. The van der Waals surface area contributed by atoms with Gasteiger partial charge in [-0.3, -0.25) is 9.78 Å². The fraction of sp³-hybridized carbons (Fsp3) is 0.250. The van der Waals surface area contributed by atoms with Crippen LogP contribution in [0.1, 0.15) is 47.6 Å². The third-order valence-corrected chi connectivity index (χ3v) is 5.79. The summed E-state index contributed by atoms with van der Waals surface area (Å²) in [4.78, 5) is 23.5. The minimum absolute atomic E-state index is 0.0755. The normalized spacial score (nSPS) is 16.8. The van der Waals surface area contributed by atoms with Crippen molar-refractivity contribution in [1.82, 2.24) is 20.4 Å². The molecule has 0 radical (unpaired) electrons. The molecule has 0 bridgehead atoms. The standard InChI is InChI=1S/C24H20F3N5O/c1-23(2)10-16-19(17(11-23)31-32-22(33)13-6-5-9-28-12-13)18-14-7-3-4-8-15(14)29-20(18)21(30-16)24(25,26)27/h3-9,12,29H,10-11H2,1-2H3,(H,32,33)/b31-17-. The predicted octanol–water partition coefficient (Wildman–Crippen LogP) is 5.24. The predicted molar refractivity (Wildman–Crippen MR) is 119 cm³/mol. The molecular formula is C24H20F3N5O. The Morgan fingerprint density at radius 3 is 2.67 bits per heavy atom. The van der Waals surface area contributed by atoms with E-state index in [0.29, 0.717) is 51.7 Å². The number of halogens is 3. The van der Waals surface area contributed by atoms with Gasteiger partial charge in [0, 0.05) is 34.2 Å². The summed E-state index contributed by atoms with van der Waals surface area (Å²) in [7, 11) is 0. The lowest BCUT2D eigenvalue weighted by atomic mass is 9.74. The number of para-hydroxylation sites is 1. The van der Waals surface area contributed by atoms with Gasteiger partial charge in [-0.1, -0.05) is 32.0 Å². The maximum atomic E-state index is 14.0. The lowest BCUT2D eigenvalue weighted by Crippen LogP contribution is -2.31. The molecule has 0 saturated carbocycles. The fourth-order valence-electron chi connectivity index (χ4n) is 4.45. The monoisotopic (exact) mass is 451 g/mol. The van der Waals surface area contributed by atoms with Gasteiger partial charge in [-0.2, -0.15) is 18.3 Å². The molecule has 0 spiro atoms. The molecule has 6 nitrogen and oxygen atoms in total. The van der Waals surface area contributed by atoms with Crippen LogP contribution in [0.5, 0.6) is 0 Å². The van der Waals surface area contributed by atoms with Gasteiger partial charge in [0.15, 0.2) is 5.69 Å². The van der Waals surface area contributed by atoms with E-state index in [2.05, 4.69) is 25.5 Å². The summed E-state index contributed by atoms with van der Waals surface area (Å²) in [5, 5.41) is 5.46. The number of fused-ring (bicyclic) bond motifs is 5. The van der Waals surface area contributed by atoms with Crippen molar-refractivity contribution in [3.8, 4) is 0 Å². The van der Waals surface area contributed by atoms with E-state index in [1.54, 1.807) is 42.6 Å². The lowest BCUT2D eigenvalue weighted by Gasteiger charge is -2.32. The average Bonchev–Trinajstić information content (AvgIpc) is 3.15. The number of rotatable bonds is 2. The van der Waals surface area contributed by atoms with Crippen LogP contribution in [0.25, 0.3) is 21.8 Å². The molecular weight excluding hydrogens is 431 g/mol. The molecule has 1 amide bonds. The summed E-state index contributed by atoms with van der Waals surface area (Å²) < 4.78 is 41.9. The van der Waals surface area contributed by atoms with Gasteiger partial charge in [-0.15, -0.1) is 0 Å². The minimum Gasteiger partial charge on any atom is -0.353 e. The van der Waals surface area contributed by atoms with Crippen LogP contribution in [0.4, 0.5) is 13.2 Å². The zero-order valence-corrected chi connectivity index (χ0v) is 17.9. The van der Waals surface area contributed by atoms with Crippen molar-refractivity contribution in [2.45, 2.75) is 32.9 Å². The van der Waals surface area contributed by atoms with E-state index in [1.165, 1.54) is 6.20 Å². The van der Waals surface area contributed by atoms with Crippen LogP contribution in [0, 0.1) is 5.41 Å². The molecule has 33 heavy (non-hydrogen) atoms. The Bertz CT molecular complexity index is 1420. The molecule has 9 heteroatoms. The molecule has 0 atom stereocenters. The zero-order valence-electron chi connectivity index (χ0n) is 17.9. The first kappa shape index (κ1) is 21.1. The number of amides is 1. The number of carbonyl (C=O) groups is 1. The van der Waals surface area contributed by atoms with Gasteiger partial charge in [0.1, 0.15) is 0 Å². The largest absolute Gasteiger partial charge is 0.435 e. The molecule has 3 heterocycles. The van der Waals surface area contributed by atoms with Crippen LogP contribution in [-0.2, 0) is 12.6 Å². The maximum absolute atomic E-state index is 14.0. The van der Waals surface area contributed by atoms with Crippen molar-refractivity contribution in [2.75, 3.05) is 0 Å². The van der Waals surface area contributed by atoms with Crippen molar-refractivity contribution < 1.29 is 18.0 Å². The van der Waals surface area contributed by atoms with Gasteiger partial charge >= 0.3 is 6.18 Å². The number of benzene rings is 1. The number of alkyl halides is 3. The highest BCUT2D eigenvalue weighted by atomic mass is 19.4. The van der Waals surface area contributed by atoms with Gasteiger partial charge in [0.2, 0.25) is 0 Å². The van der Waals surface area contributed by atoms with Gasteiger partial charge in [-0.05, 0) is 36.5 Å². The van der Waals surface area contributed by atoms with E-state index in [0.717, 1.165) is 0 Å². The average molecular weight is 451 g/mol. The molecule has 5 rings (SSSR count). The highest BCUT2D eigenvalue weighted by Crippen LogP contribution is 2.43. The first-order chi connectivity index (χ1) is 15.6. The molecule has 3 aromatic heterocycles. The number of nitrogens with one attached hydrogen (secondary N) is 2. The van der Waals surface area contributed by atoms with Gasteiger partial charge in [0.05, 0.1) is 22.5 Å². The van der Waals surface area contributed by atoms with Crippen LogP contribution in [0.15, 0.2) is 53.9 Å². The SMILES string of the molecule is CC1(C)C/C(=N/NC(=O)c2cccnc2)c2c(nc(C(F)(F)F)c3[nH]c4ccccc4c23)C1. The Labute approximate surface area is 186 Å². The first-order valence-electron chi connectivity index (χ1n) is 10.4. The molecule has 0 saturated heterocycles. The Morgan fingerprint density at radius 1 is 1.15 bits per heavy atom. The first-order valence-corrected chi connectivity index (χ1v) is 10.4. The van der Waals surface area contributed by atoms with Gasteiger partial charge < -0.3 is 4.98 Å². The highest BCUT2D eigenvalue weighted by molar-refractivity contribution is 6.21. The van der Waals surface area contributed by atoms with Gasteiger partial charge in [-0.25, -0.2) is 10.4 Å². The van der Waals surface area contributed by atoms with Crippen LogP contribution in [0.2, 0.25) is 0 Å². The number of aromatic amines is 1. The summed E-state index contributed by atoms with van der Waals surface area (Å²) in [6, 6.07) is 10.3. The highest BCUT2D eigenvalue weighted by Gasteiger charge is 2.40. The third-order valence-electron chi connectivity index (χ3n) is 5.79. The number of pyridine rings is 2. The van der Waals surface area contributed by atoms with Crippen molar-refractivity contribution in [3.63, 3.8) is 0 Å². The topological polar surface area (TPSA) is 83.0 Å². The molecule has 2 N–H and O–H groups in total. The Balaban J connectivity index is 1.75. The van der Waals surface area contributed by atoms with Crippen LogP contribution >= 0.6 is 0 Å².